The van der Waals surface area contributed by atoms with Crippen LogP contribution in [-0.2, 0) is 13.8 Å². The summed E-state index contributed by atoms with van der Waals surface area (Å²) < 4.78 is 22.8. The molecule has 1 unspecified atom stereocenters. The number of anilines is 1. The Bertz CT molecular complexity index is 701. The summed E-state index contributed by atoms with van der Waals surface area (Å²) in [6.07, 6.45) is 1.56. The Balaban J connectivity index is 2.27. The number of rotatable bonds is 3. The van der Waals surface area contributed by atoms with Gasteiger partial charge in [0.2, 0.25) is 15.0 Å². The molecule has 1 fully saturated rings. The first kappa shape index (κ1) is 15.2. The van der Waals surface area contributed by atoms with E-state index in [9.17, 15) is 13.2 Å². The Kier molecular flexibility index (Phi) is 4.32. The molecule has 0 bridgehead atoms. The Morgan fingerprint density at radius 1 is 1.60 bits per heavy atom. The van der Waals surface area contributed by atoms with E-state index in [1.807, 2.05) is 6.07 Å². The topological polar surface area (TPSA) is 91.1 Å². The van der Waals surface area contributed by atoms with Gasteiger partial charge in [0, 0.05) is 40.2 Å². The first-order valence-corrected chi connectivity index (χ1v) is 8.85. The monoisotopic (exact) mass is 377 g/mol. The SMILES string of the molecule is N#Cc1cc(Br)cnc1N1CC(CS(=O)(=O)Cl)CC1=O. The van der Waals surface area contributed by atoms with Gasteiger partial charge in [0.25, 0.3) is 0 Å². The highest BCUT2D eigenvalue weighted by Crippen LogP contribution is 2.28. The highest BCUT2D eigenvalue weighted by molar-refractivity contribution is 9.10. The maximum absolute atomic E-state index is 12.0. The molecule has 106 valence electrons. The molecule has 1 atom stereocenters. The summed E-state index contributed by atoms with van der Waals surface area (Å²) in [5, 5.41) is 9.08. The van der Waals surface area contributed by atoms with Gasteiger partial charge >= 0.3 is 0 Å². The van der Waals surface area contributed by atoms with Gasteiger partial charge in [0.05, 0.1) is 11.3 Å². The summed E-state index contributed by atoms with van der Waals surface area (Å²) in [7, 11) is 1.54. The van der Waals surface area contributed by atoms with Crippen molar-refractivity contribution in [2.45, 2.75) is 6.42 Å². The standard InChI is InChI=1S/C11H9BrClN3O3S/c12-9-2-8(3-14)11(15-4-9)16-5-7(1-10(16)17)6-20(13,18)19/h2,4,7H,1,5-6H2. The minimum absolute atomic E-state index is 0.0779. The average Bonchev–Trinajstić information content (AvgIpc) is 2.67. The zero-order valence-electron chi connectivity index (χ0n) is 10.1. The van der Waals surface area contributed by atoms with Gasteiger partial charge in [-0.15, -0.1) is 0 Å². The zero-order chi connectivity index (χ0) is 14.9. The van der Waals surface area contributed by atoms with Crippen molar-refractivity contribution in [1.29, 1.82) is 5.26 Å². The van der Waals surface area contributed by atoms with Crippen molar-refractivity contribution in [3.8, 4) is 6.07 Å². The molecule has 2 heterocycles. The molecule has 1 amide bonds. The second kappa shape index (κ2) is 5.68. The van der Waals surface area contributed by atoms with Crippen molar-refractivity contribution in [2.24, 2.45) is 5.92 Å². The predicted octanol–water partition coefficient (Wildman–Crippen LogP) is 1.64. The van der Waals surface area contributed by atoms with Crippen LogP contribution in [0.15, 0.2) is 16.7 Å². The van der Waals surface area contributed by atoms with Gasteiger partial charge in [-0.05, 0) is 22.0 Å². The fourth-order valence-corrected chi connectivity index (χ4v) is 3.76. The third-order valence-electron chi connectivity index (χ3n) is 2.85. The zero-order valence-corrected chi connectivity index (χ0v) is 13.2. The van der Waals surface area contributed by atoms with Crippen molar-refractivity contribution >= 4 is 47.4 Å². The number of nitrogens with zero attached hydrogens (tertiary/aromatic N) is 3. The first-order valence-electron chi connectivity index (χ1n) is 5.58. The number of hydrogen-bond donors (Lipinski definition) is 0. The molecule has 0 N–H and O–H groups in total. The van der Waals surface area contributed by atoms with Gasteiger partial charge in [-0.3, -0.25) is 9.69 Å². The van der Waals surface area contributed by atoms with Crippen LogP contribution in [0.4, 0.5) is 5.82 Å². The molecule has 0 aliphatic carbocycles. The van der Waals surface area contributed by atoms with Crippen LogP contribution in [0.25, 0.3) is 0 Å². The Morgan fingerprint density at radius 3 is 2.90 bits per heavy atom. The molecule has 1 aliphatic heterocycles. The lowest BCUT2D eigenvalue weighted by atomic mass is 10.1. The van der Waals surface area contributed by atoms with Crippen molar-refractivity contribution in [1.82, 2.24) is 4.98 Å². The Hall–Kier alpha value is -1.17. The van der Waals surface area contributed by atoms with E-state index < -0.39 is 9.05 Å². The number of nitriles is 1. The number of amides is 1. The van der Waals surface area contributed by atoms with Crippen molar-refractivity contribution in [3.63, 3.8) is 0 Å². The third kappa shape index (κ3) is 3.48. The predicted molar refractivity (Wildman–Crippen MR) is 76.8 cm³/mol. The van der Waals surface area contributed by atoms with E-state index in [1.165, 1.54) is 11.1 Å². The summed E-state index contributed by atoms with van der Waals surface area (Å²) in [5.74, 6) is -0.673. The summed E-state index contributed by atoms with van der Waals surface area (Å²) in [6.45, 7) is 0.189. The number of carbonyl (C=O) groups is 1. The normalized spacial score (nSPS) is 19.1. The largest absolute Gasteiger partial charge is 0.295 e. The summed E-state index contributed by atoms with van der Waals surface area (Å²) in [6, 6.07) is 3.52. The molecule has 0 radical (unpaired) electrons. The molecule has 1 aliphatic rings. The fourth-order valence-electron chi connectivity index (χ4n) is 2.11. The lowest BCUT2D eigenvalue weighted by Gasteiger charge is -2.16. The Labute approximate surface area is 128 Å². The lowest BCUT2D eigenvalue weighted by molar-refractivity contribution is -0.117. The minimum atomic E-state index is -3.66. The molecular weight excluding hydrogens is 370 g/mol. The van der Waals surface area contributed by atoms with E-state index in [0.717, 1.165) is 0 Å². The van der Waals surface area contributed by atoms with Crippen LogP contribution in [0.5, 0.6) is 0 Å². The van der Waals surface area contributed by atoms with Crippen LogP contribution in [-0.4, -0.2) is 31.6 Å². The third-order valence-corrected chi connectivity index (χ3v) is 4.53. The van der Waals surface area contributed by atoms with Crippen molar-refractivity contribution in [3.05, 3.63) is 22.3 Å². The molecule has 1 aromatic rings. The van der Waals surface area contributed by atoms with E-state index >= 15 is 0 Å². The molecule has 2 rings (SSSR count). The summed E-state index contributed by atoms with van der Waals surface area (Å²) in [5.41, 5.74) is 0.252. The second-order valence-corrected chi connectivity index (χ2v) is 8.15. The summed E-state index contributed by atoms with van der Waals surface area (Å²) in [4.78, 5) is 17.3. The van der Waals surface area contributed by atoms with Crippen molar-refractivity contribution in [2.75, 3.05) is 17.2 Å². The van der Waals surface area contributed by atoms with Crippen LogP contribution in [0, 0.1) is 17.2 Å². The fraction of sp³-hybridized carbons (Fsp3) is 0.364. The van der Waals surface area contributed by atoms with E-state index in [4.69, 9.17) is 15.9 Å². The van der Waals surface area contributed by atoms with Crippen molar-refractivity contribution < 1.29 is 13.2 Å². The number of hydrogen-bond acceptors (Lipinski definition) is 5. The average molecular weight is 379 g/mol. The van der Waals surface area contributed by atoms with E-state index in [1.54, 1.807) is 6.07 Å². The number of pyridine rings is 1. The number of halogens is 2. The molecular formula is C11H9BrClN3O3S. The molecule has 0 saturated carbocycles. The van der Waals surface area contributed by atoms with E-state index in [2.05, 4.69) is 20.9 Å². The molecule has 9 heteroatoms. The second-order valence-electron chi connectivity index (χ2n) is 4.42. The quantitative estimate of drug-likeness (QED) is 0.746. The Morgan fingerprint density at radius 2 is 2.30 bits per heavy atom. The first-order chi connectivity index (χ1) is 9.30. The van der Waals surface area contributed by atoms with Gasteiger partial charge in [-0.2, -0.15) is 5.26 Å². The van der Waals surface area contributed by atoms with Gasteiger partial charge in [-0.1, -0.05) is 0 Å². The molecule has 0 aromatic carbocycles. The minimum Gasteiger partial charge on any atom is -0.295 e. The van der Waals surface area contributed by atoms with Crippen LogP contribution < -0.4 is 4.90 Å². The molecule has 1 aromatic heterocycles. The van der Waals surface area contributed by atoms with E-state index in [0.29, 0.717) is 4.47 Å². The molecule has 6 nitrogen and oxygen atoms in total. The van der Waals surface area contributed by atoms with Crippen LogP contribution in [0.3, 0.4) is 0 Å². The highest BCUT2D eigenvalue weighted by atomic mass is 79.9. The highest BCUT2D eigenvalue weighted by Gasteiger charge is 2.34. The van der Waals surface area contributed by atoms with Crippen LogP contribution >= 0.6 is 26.6 Å². The van der Waals surface area contributed by atoms with Gasteiger partial charge in [-0.25, -0.2) is 13.4 Å². The molecule has 1 saturated heterocycles. The molecule has 20 heavy (non-hydrogen) atoms. The molecule has 0 spiro atoms. The maximum Gasteiger partial charge on any atom is 0.232 e. The van der Waals surface area contributed by atoms with Gasteiger partial charge in [0.15, 0.2) is 5.82 Å². The lowest BCUT2D eigenvalue weighted by Crippen LogP contribution is -2.27. The van der Waals surface area contributed by atoms with Crippen LogP contribution in [0.1, 0.15) is 12.0 Å². The number of aromatic nitrogens is 1. The smallest absolute Gasteiger partial charge is 0.232 e. The van der Waals surface area contributed by atoms with Gasteiger partial charge in [0.1, 0.15) is 6.07 Å². The van der Waals surface area contributed by atoms with Gasteiger partial charge < -0.3 is 0 Å². The van der Waals surface area contributed by atoms with Crippen LogP contribution in [0.2, 0.25) is 0 Å². The van der Waals surface area contributed by atoms with E-state index in [-0.39, 0.29) is 41.9 Å². The number of carbonyl (C=O) groups excluding carboxylic acids is 1. The summed E-state index contributed by atoms with van der Waals surface area (Å²) >= 11 is 3.20. The maximum atomic E-state index is 12.0.